The molecule has 0 spiro atoms. The Labute approximate surface area is 143 Å². The number of para-hydroxylation sites is 1. The molecule has 1 N–H and O–H groups in total. The van der Waals surface area contributed by atoms with Crippen molar-refractivity contribution in [2.24, 2.45) is 0 Å². The van der Waals surface area contributed by atoms with Crippen molar-refractivity contribution >= 4 is 16.8 Å². The van der Waals surface area contributed by atoms with E-state index in [1.807, 2.05) is 6.07 Å². The zero-order valence-corrected chi connectivity index (χ0v) is 13.9. The van der Waals surface area contributed by atoms with Gasteiger partial charge in [0.15, 0.2) is 0 Å². The zero-order chi connectivity index (χ0) is 18.0. The monoisotopic (exact) mass is 339 g/mol. The van der Waals surface area contributed by atoms with E-state index in [1.165, 1.54) is 18.7 Å². The van der Waals surface area contributed by atoms with Gasteiger partial charge in [0.25, 0.3) is 11.5 Å². The van der Waals surface area contributed by atoms with Crippen molar-refractivity contribution in [2.75, 3.05) is 14.2 Å². The number of fused-ring (bicyclic) bond motifs is 1. The van der Waals surface area contributed by atoms with Crippen LogP contribution in [0.2, 0.25) is 0 Å². The molecule has 0 fully saturated rings. The van der Waals surface area contributed by atoms with Crippen LogP contribution in [0.1, 0.15) is 15.9 Å². The molecule has 7 heteroatoms. The standard InChI is InChI=1S/C18H17N3O4/c1-20(25-2)17(23)13-7-5-6-12(10-13)11-21-15-9-4-3-8-14(15)16(22)19-18(21)24/h3-10H,11H2,1-2H3,(H,19,22,24). The smallest absolute Gasteiger partial charge is 0.289 e. The third-order valence-electron chi connectivity index (χ3n) is 3.98. The summed E-state index contributed by atoms with van der Waals surface area (Å²) in [5.74, 6) is -0.289. The highest BCUT2D eigenvalue weighted by Crippen LogP contribution is 2.12. The molecule has 2 aromatic carbocycles. The molecule has 128 valence electrons. The van der Waals surface area contributed by atoms with Gasteiger partial charge in [-0.15, -0.1) is 0 Å². The molecule has 1 amide bonds. The van der Waals surface area contributed by atoms with Crippen LogP contribution in [0.4, 0.5) is 0 Å². The number of hydrogen-bond donors (Lipinski definition) is 1. The molecule has 0 aliphatic heterocycles. The lowest BCUT2D eigenvalue weighted by Crippen LogP contribution is -2.30. The van der Waals surface area contributed by atoms with Crippen molar-refractivity contribution in [3.63, 3.8) is 0 Å². The summed E-state index contributed by atoms with van der Waals surface area (Å²) in [4.78, 5) is 43.6. The molecule has 0 unspecified atom stereocenters. The molecular formula is C18H17N3O4. The molecule has 3 rings (SSSR count). The topological polar surface area (TPSA) is 84.4 Å². The Morgan fingerprint density at radius 2 is 1.92 bits per heavy atom. The maximum atomic E-state index is 12.2. The van der Waals surface area contributed by atoms with Crippen LogP contribution < -0.4 is 11.2 Å². The van der Waals surface area contributed by atoms with E-state index in [9.17, 15) is 14.4 Å². The summed E-state index contributed by atoms with van der Waals surface area (Å²) in [6.45, 7) is 0.230. The highest BCUT2D eigenvalue weighted by molar-refractivity contribution is 5.93. The number of aromatic nitrogens is 2. The molecule has 7 nitrogen and oxygen atoms in total. The third-order valence-corrected chi connectivity index (χ3v) is 3.98. The van der Waals surface area contributed by atoms with E-state index in [4.69, 9.17) is 4.84 Å². The fourth-order valence-corrected chi connectivity index (χ4v) is 2.65. The summed E-state index contributed by atoms with van der Waals surface area (Å²) in [5, 5.41) is 1.56. The van der Waals surface area contributed by atoms with Crippen LogP contribution in [0.3, 0.4) is 0 Å². The summed E-state index contributed by atoms with van der Waals surface area (Å²) >= 11 is 0. The van der Waals surface area contributed by atoms with Gasteiger partial charge in [-0.1, -0.05) is 24.3 Å². The fraction of sp³-hybridized carbons (Fsp3) is 0.167. The predicted molar refractivity (Wildman–Crippen MR) is 93.5 cm³/mol. The predicted octanol–water partition coefficient (Wildman–Crippen LogP) is 1.37. The largest absolute Gasteiger partial charge is 0.329 e. The first kappa shape index (κ1) is 16.7. The minimum Gasteiger partial charge on any atom is -0.289 e. The molecule has 1 aromatic heterocycles. The Hall–Kier alpha value is -3.19. The quantitative estimate of drug-likeness (QED) is 0.728. The first-order valence-electron chi connectivity index (χ1n) is 7.64. The van der Waals surface area contributed by atoms with Crippen molar-refractivity contribution in [2.45, 2.75) is 6.54 Å². The van der Waals surface area contributed by atoms with Crippen molar-refractivity contribution in [1.29, 1.82) is 0 Å². The number of carbonyl (C=O) groups is 1. The molecule has 0 radical (unpaired) electrons. The van der Waals surface area contributed by atoms with Crippen LogP contribution in [0, 0.1) is 0 Å². The lowest BCUT2D eigenvalue weighted by molar-refractivity contribution is -0.0757. The molecule has 3 aromatic rings. The second-order valence-electron chi connectivity index (χ2n) is 5.55. The van der Waals surface area contributed by atoms with Gasteiger partial charge in [-0.2, -0.15) is 0 Å². The molecule has 0 bridgehead atoms. The van der Waals surface area contributed by atoms with E-state index < -0.39 is 11.2 Å². The average molecular weight is 339 g/mol. The SMILES string of the molecule is CON(C)C(=O)c1cccc(Cn2c(=O)[nH]c(=O)c3ccccc32)c1. The number of amides is 1. The maximum absolute atomic E-state index is 12.2. The highest BCUT2D eigenvalue weighted by Gasteiger charge is 2.13. The first-order chi connectivity index (χ1) is 12.0. The number of hydrogen-bond acceptors (Lipinski definition) is 4. The zero-order valence-electron chi connectivity index (χ0n) is 13.9. The molecule has 0 aliphatic carbocycles. The van der Waals surface area contributed by atoms with Crippen LogP contribution in [0.5, 0.6) is 0 Å². The number of nitrogens with zero attached hydrogens (tertiary/aromatic N) is 2. The van der Waals surface area contributed by atoms with Gasteiger partial charge in [0.05, 0.1) is 24.6 Å². The third kappa shape index (κ3) is 3.22. The average Bonchev–Trinajstić information content (AvgIpc) is 2.64. The maximum Gasteiger partial charge on any atom is 0.329 e. The summed E-state index contributed by atoms with van der Waals surface area (Å²) in [7, 11) is 2.93. The first-order valence-corrected chi connectivity index (χ1v) is 7.64. The molecule has 0 atom stereocenters. The van der Waals surface area contributed by atoms with Crippen LogP contribution in [0.15, 0.2) is 58.1 Å². The number of carbonyl (C=O) groups excluding carboxylic acids is 1. The van der Waals surface area contributed by atoms with Crippen LogP contribution >= 0.6 is 0 Å². The van der Waals surface area contributed by atoms with Gasteiger partial charge in [-0.25, -0.2) is 9.86 Å². The molecule has 25 heavy (non-hydrogen) atoms. The van der Waals surface area contributed by atoms with E-state index in [1.54, 1.807) is 42.5 Å². The van der Waals surface area contributed by atoms with Gasteiger partial charge in [-0.3, -0.25) is 24.0 Å². The van der Waals surface area contributed by atoms with E-state index in [-0.39, 0.29) is 12.5 Å². The molecule has 0 saturated heterocycles. The van der Waals surface area contributed by atoms with Crippen LogP contribution in [0.25, 0.3) is 10.9 Å². The van der Waals surface area contributed by atoms with E-state index >= 15 is 0 Å². The summed E-state index contributed by atoms with van der Waals surface area (Å²) in [6, 6.07) is 13.8. The van der Waals surface area contributed by atoms with Crippen LogP contribution in [-0.2, 0) is 11.4 Å². The minimum absolute atomic E-state index is 0.230. The van der Waals surface area contributed by atoms with Gasteiger partial charge < -0.3 is 0 Å². The van der Waals surface area contributed by atoms with Crippen LogP contribution in [-0.4, -0.2) is 34.7 Å². The van der Waals surface area contributed by atoms with Gasteiger partial charge in [-0.05, 0) is 29.8 Å². The Kier molecular flexibility index (Phi) is 4.49. The fourth-order valence-electron chi connectivity index (χ4n) is 2.65. The number of H-pyrrole nitrogens is 1. The Morgan fingerprint density at radius 1 is 1.16 bits per heavy atom. The molecule has 1 heterocycles. The van der Waals surface area contributed by atoms with E-state index in [0.717, 1.165) is 10.6 Å². The normalized spacial score (nSPS) is 10.8. The van der Waals surface area contributed by atoms with Gasteiger partial charge in [0.1, 0.15) is 0 Å². The van der Waals surface area contributed by atoms with Gasteiger partial charge in [0.2, 0.25) is 0 Å². The molecule has 0 aliphatic rings. The highest BCUT2D eigenvalue weighted by atomic mass is 16.7. The lowest BCUT2D eigenvalue weighted by atomic mass is 10.1. The second-order valence-corrected chi connectivity index (χ2v) is 5.55. The summed E-state index contributed by atoms with van der Waals surface area (Å²) in [6.07, 6.45) is 0. The van der Waals surface area contributed by atoms with E-state index in [2.05, 4.69) is 4.98 Å². The van der Waals surface area contributed by atoms with Gasteiger partial charge in [0, 0.05) is 12.6 Å². The second kappa shape index (κ2) is 6.74. The number of hydroxylamine groups is 2. The number of nitrogens with one attached hydrogen (secondary N) is 1. The Morgan fingerprint density at radius 3 is 2.68 bits per heavy atom. The Bertz CT molecular complexity index is 1050. The number of rotatable bonds is 4. The minimum atomic E-state index is -0.491. The summed E-state index contributed by atoms with van der Waals surface area (Å²) in [5.41, 5.74) is 0.845. The number of aromatic amines is 1. The van der Waals surface area contributed by atoms with Crippen molar-refractivity contribution in [3.8, 4) is 0 Å². The lowest BCUT2D eigenvalue weighted by Gasteiger charge is -2.14. The summed E-state index contributed by atoms with van der Waals surface area (Å²) < 4.78 is 1.47. The number of benzene rings is 2. The van der Waals surface area contributed by atoms with E-state index in [0.29, 0.717) is 16.5 Å². The van der Waals surface area contributed by atoms with Crippen molar-refractivity contribution in [3.05, 3.63) is 80.5 Å². The van der Waals surface area contributed by atoms with Crippen molar-refractivity contribution in [1.82, 2.24) is 14.6 Å². The Balaban J connectivity index is 2.04. The van der Waals surface area contributed by atoms with Crippen molar-refractivity contribution < 1.29 is 9.63 Å². The van der Waals surface area contributed by atoms with Gasteiger partial charge >= 0.3 is 5.69 Å². The molecule has 0 saturated carbocycles. The molecular weight excluding hydrogens is 322 g/mol.